The third kappa shape index (κ3) is 4.92. The smallest absolute Gasteiger partial charge is 0.123 e. The molecule has 0 fully saturated rings. The minimum absolute atomic E-state index is 0.110. The Morgan fingerprint density at radius 1 is 0.818 bits per heavy atom. The first-order chi connectivity index (χ1) is 10.6. The van der Waals surface area contributed by atoms with E-state index < -0.39 is 0 Å². The van der Waals surface area contributed by atoms with Gasteiger partial charge in [-0.1, -0.05) is 88.0 Å². The summed E-state index contributed by atoms with van der Waals surface area (Å²) in [5.74, 6) is -0.203. The highest BCUT2D eigenvalue weighted by molar-refractivity contribution is 9.12. The second kappa shape index (κ2) is 8.83. The molecule has 0 saturated carbocycles. The van der Waals surface area contributed by atoms with E-state index in [4.69, 9.17) is 0 Å². The fraction of sp³-hybridized carbons (Fsp3) is 0.368. The first-order valence-electron chi connectivity index (χ1n) is 7.74. The number of hydrogen-bond donors (Lipinski definition) is 0. The number of hydrogen-bond acceptors (Lipinski definition) is 0. The molecule has 0 saturated heterocycles. The lowest BCUT2D eigenvalue weighted by Crippen LogP contribution is -2.00. The van der Waals surface area contributed by atoms with Crippen LogP contribution in [0.15, 0.2) is 48.5 Å². The van der Waals surface area contributed by atoms with Gasteiger partial charge in [0.1, 0.15) is 5.82 Å². The fourth-order valence-corrected chi connectivity index (χ4v) is 3.65. The lowest BCUT2D eigenvalue weighted by Gasteiger charge is -2.18. The lowest BCUT2D eigenvalue weighted by molar-refractivity contribution is 0.627. The molecule has 0 aromatic heterocycles. The Bertz CT molecular complexity index is 563. The van der Waals surface area contributed by atoms with E-state index in [1.165, 1.54) is 42.5 Å². The van der Waals surface area contributed by atoms with Crippen LogP contribution in [0.4, 0.5) is 4.39 Å². The van der Waals surface area contributed by atoms with E-state index in [0.29, 0.717) is 0 Å². The van der Waals surface area contributed by atoms with Gasteiger partial charge in [0.25, 0.3) is 0 Å². The number of aryl methyl sites for hydroxylation is 1. The van der Waals surface area contributed by atoms with Gasteiger partial charge in [-0.05, 0) is 41.7 Å². The van der Waals surface area contributed by atoms with Crippen LogP contribution in [-0.2, 0) is 6.42 Å². The zero-order valence-electron chi connectivity index (χ0n) is 12.7. The standard InChI is InChI=1S/C19H21Br2F/c1-2-3-4-5-14-6-8-15(9-7-14)18(20)19(21)16-10-12-17(22)13-11-16/h6-13,18-19H,2-5H2,1H3. The van der Waals surface area contributed by atoms with Crippen molar-refractivity contribution in [2.75, 3.05) is 0 Å². The van der Waals surface area contributed by atoms with Crippen LogP contribution in [0.5, 0.6) is 0 Å². The monoisotopic (exact) mass is 426 g/mol. The maximum atomic E-state index is 13.0. The molecule has 3 heteroatoms. The molecule has 2 aromatic rings. The number of halogens is 3. The van der Waals surface area contributed by atoms with Crippen molar-refractivity contribution in [1.29, 1.82) is 0 Å². The molecule has 0 spiro atoms. The van der Waals surface area contributed by atoms with Gasteiger partial charge < -0.3 is 0 Å². The highest BCUT2D eigenvalue weighted by Crippen LogP contribution is 2.42. The number of alkyl halides is 2. The Morgan fingerprint density at radius 2 is 1.32 bits per heavy atom. The van der Waals surface area contributed by atoms with Crippen molar-refractivity contribution in [1.82, 2.24) is 0 Å². The zero-order chi connectivity index (χ0) is 15.9. The van der Waals surface area contributed by atoms with Gasteiger partial charge >= 0.3 is 0 Å². The van der Waals surface area contributed by atoms with Crippen molar-refractivity contribution in [2.24, 2.45) is 0 Å². The lowest BCUT2D eigenvalue weighted by atomic mass is 10.0. The number of benzene rings is 2. The van der Waals surface area contributed by atoms with E-state index in [9.17, 15) is 4.39 Å². The highest BCUT2D eigenvalue weighted by atomic mass is 79.9. The summed E-state index contributed by atoms with van der Waals surface area (Å²) >= 11 is 7.47. The fourth-order valence-electron chi connectivity index (χ4n) is 2.43. The molecule has 0 aliphatic rings. The van der Waals surface area contributed by atoms with Crippen molar-refractivity contribution in [3.8, 4) is 0 Å². The van der Waals surface area contributed by atoms with Gasteiger partial charge in [0.15, 0.2) is 0 Å². The van der Waals surface area contributed by atoms with E-state index in [-0.39, 0.29) is 15.5 Å². The molecule has 2 rings (SSSR count). The molecule has 2 unspecified atom stereocenters. The van der Waals surface area contributed by atoms with Crippen molar-refractivity contribution in [3.63, 3.8) is 0 Å². The van der Waals surface area contributed by atoms with Crippen molar-refractivity contribution in [2.45, 2.75) is 42.3 Å². The maximum Gasteiger partial charge on any atom is 0.123 e. The van der Waals surface area contributed by atoms with E-state index in [0.717, 1.165) is 12.0 Å². The van der Waals surface area contributed by atoms with Crippen LogP contribution in [0, 0.1) is 5.82 Å². The molecule has 0 amide bonds. The van der Waals surface area contributed by atoms with Crippen LogP contribution >= 0.6 is 31.9 Å². The first kappa shape index (κ1) is 17.7. The summed E-state index contributed by atoms with van der Waals surface area (Å²) in [6.45, 7) is 2.23. The first-order valence-corrected chi connectivity index (χ1v) is 9.57. The van der Waals surface area contributed by atoms with Gasteiger partial charge in [0, 0.05) is 0 Å². The molecule has 0 radical (unpaired) electrons. The Morgan fingerprint density at radius 3 is 1.82 bits per heavy atom. The molecule has 0 heterocycles. The molecular weight excluding hydrogens is 407 g/mol. The van der Waals surface area contributed by atoms with E-state index >= 15 is 0 Å². The Balaban J connectivity index is 2.02. The molecule has 0 aliphatic heterocycles. The van der Waals surface area contributed by atoms with Crippen LogP contribution in [0.25, 0.3) is 0 Å². The maximum absolute atomic E-state index is 13.0. The molecule has 0 N–H and O–H groups in total. The normalized spacial score (nSPS) is 13.8. The summed E-state index contributed by atoms with van der Waals surface area (Å²) in [5, 5.41) is 0. The average molecular weight is 428 g/mol. The van der Waals surface area contributed by atoms with Crippen LogP contribution < -0.4 is 0 Å². The van der Waals surface area contributed by atoms with Crippen LogP contribution in [0.1, 0.15) is 52.5 Å². The molecule has 118 valence electrons. The molecular formula is C19H21Br2F. The Labute approximate surface area is 149 Å². The minimum Gasteiger partial charge on any atom is -0.207 e. The van der Waals surface area contributed by atoms with Crippen LogP contribution in [0.2, 0.25) is 0 Å². The summed E-state index contributed by atoms with van der Waals surface area (Å²) in [5.41, 5.74) is 3.69. The summed E-state index contributed by atoms with van der Waals surface area (Å²) in [7, 11) is 0. The highest BCUT2D eigenvalue weighted by Gasteiger charge is 2.19. The topological polar surface area (TPSA) is 0 Å². The van der Waals surface area contributed by atoms with Crippen molar-refractivity contribution in [3.05, 3.63) is 71.0 Å². The third-order valence-corrected chi connectivity index (χ3v) is 6.64. The van der Waals surface area contributed by atoms with Crippen LogP contribution in [-0.4, -0.2) is 0 Å². The zero-order valence-corrected chi connectivity index (χ0v) is 15.9. The van der Waals surface area contributed by atoms with Gasteiger partial charge in [0.2, 0.25) is 0 Å². The second-order valence-electron chi connectivity index (χ2n) is 5.55. The van der Waals surface area contributed by atoms with E-state index in [2.05, 4.69) is 63.0 Å². The molecule has 0 bridgehead atoms. The minimum atomic E-state index is -0.203. The molecule has 0 nitrogen and oxygen atoms in total. The van der Waals surface area contributed by atoms with Gasteiger partial charge in [-0.25, -0.2) is 4.39 Å². The summed E-state index contributed by atoms with van der Waals surface area (Å²) in [6, 6.07) is 15.4. The van der Waals surface area contributed by atoms with E-state index in [1.54, 1.807) is 0 Å². The SMILES string of the molecule is CCCCCc1ccc(C(Br)C(Br)c2ccc(F)cc2)cc1. The Kier molecular flexibility index (Phi) is 7.10. The number of unbranched alkanes of at least 4 members (excludes halogenated alkanes) is 2. The van der Waals surface area contributed by atoms with E-state index in [1.807, 2.05) is 12.1 Å². The van der Waals surface area contributed by atoms with Crippen LogP contribution in [0.3, 0.4) is 0 Å². The molecule has 2 aromatic carbocycles. The van der Waals surface area contributed by atoms with Gasteiger partial charge in [-0.3, -0.25) is 0 Å². The average Bonchev–Trinajstić information content (AvgIpc) is 2.55. The van der Waals surface area contributed by atoms with Crippen molar-refractivity contribution >= 4 is 31.9 Å². The summed E-state index contributed by atoms with van der Waals surface area (Å²) < 4.78 is 13.0. The molecule has 0 aliphatic carbocycles. The van der Waals surface area contributed by atoms with Gasteiger partial charge in [-0.2, -0.15) is 0 Å². The largest absolute Gasteiger partial charge is 0.207 e. The molecule has 22 heavy (non-hydrogen) atoms. The summed E-state index contributed by atoms with van der Waals surface area (Å²) in [6.07, 6.45) is 4.95. The van der Waals surface area contributed by atoms with Gasteiger partial charge in [-0.15, -0.1) is 0 Å². The summed E-state index contributed by atoms with van der Waals surface area (Å²) in [4.78, 5) is 0.265. The predicted molar refractivity (Wildman–Crippen MR) is 99.4 cm³/mol. The predicted octanol–water partition coefficient (Wildman–Crippen LogP) is 7.13. The quantitative estimate of drug-likeness (QED) is 0.325. The number of rotatable bonds is 7. The molecule has 2 atom stereocenters. The van der Waals surface area contributed by atoms with Crippen molar-refractivity contribution < 1.29 is 4.39 Å². The Hall–Kier alpha value is -0.670. The second-order valence-corrected chi connectivity index (χ2v) is 7.53. The van der Waals surface area contributed by atoms with Gasteiger partial charge in [0.05, 0.1) is 9.65 Å². The third-order valence-electron chi connectivity index (χ3n) is 3.81.